The fourth-order valence-corrected chi connectivity index (χ4v) is 3.12. The predicted octanol–water partition coefficient (Wildman–Crippen LogP) is 3.02. The Hall–Kier alpha value is -2.14. The normalized spacial score (nSPS) is 12.4. The number of pyridine rings is 1. The van der Waals surface area contributed by atoms with E-state index in [0.29, 0.717) is 5.56 Å². The summed E-state index contributed by atoms with van der Waals surface area (Å²) in [6.45, 7) is 8.25. The number of aromatic nitrogens is 2. The first-order valence-corrected chi connectivity index (χ1v) is 8.56. The van der Waals surface area contributed by atoms with Crippen molar-refractivity contribution in [3.05, 3.63) is 47.4 Å². The summed E-state index contributed by atoms with van der Waals surface area (Å²) in [6, 6.07) is 7.57. The van der Waals surface area contributed by atoms with E-state index in [1.54, 1.807) is 6.20 Å². The zero-order chi connectivity index (χ0) is 17.7. The molecule has 0 saturated heterocycles. The van der Waals surface area contributed by atoms with E-state index in [-0.39, 0.29) is 18.4 Å². The highest BCUT2D eigenvalue weighted by molar-refractivity contribution is 5.95. The van der Waals surface area contributed by atoms with Crippen LogP contribution in [-0.2, 0) is 0 Å². The number of hydrogen-bond acceptors (Lipinski definition) is 3. The molecule has 5 nitrogen and oxygen atoms in total. The average molecular weight is 329 g/mol. The van der Waals surface area contributed by atoms with Gasteiger partial charge in [0, 0.05) is 24.1 Å². The molecule has 2 aromatic rings. The van der Waals surface area contributed by atoms with Crippen LogP contribution in [0.4, 0.5) is 0 Å². The Balaban J connectivity index is 2.14. The maximum absolute atomic E-state index is 12.5. The third-order valence-corrected chi connectivity index (χ3v) is 4.62. The van der Waals surface area contributed by atoms with Crippen molar-refractivity contribution in [2.24, 2.45) is 5.92 Å². The number of nitrogens with one attached hydrogen (secondary N) is 1. The van der Waals surface area contributed by atoms with Crippen LogP contribution in [0.1, 0.15) is 48.4 Å². The first-order valence-electron chi connectivity index (χ1n) is 8.56. The van der Waals surface area contributed by atoms with Crippen LogP contribution < -0.4 is 5.32 Å². The molecule has 1 atom stereocenters. The maximum atomic E-state index is 12.5. The molecule has 2 rings (SSSR count). The van der Waals surface area contributed by atoms with E-state index in [4.69, 9.17) is 0 Å². The van der Waals surface area contributed by atoms with Gasteiger partial charge in [0.05, 0.1) is 11.7 Å². The summed E-state index contributed by atoms with van der Waals surface area (Å²) in [5.74, 6) is 0.852. The summed E-state index contributed by atoms with van der Waals surface area (Å²) < 4.78 is 1.96. The standard InChI is InChI=1S/C19H27N3O2/c1-5-15(6-2)17(23)12-21-19(24)16-11-13(3)22(14(16)4)18-9-7-8-10-20-18/h7-11,15,17,23H,5-6,12H2,1-4H3,(H,21,24). The van der Waals surface area contributed by atoms with E-state index in [0.717, 1.165) is 30.0 Å². The molecule has 130 valence electrons. The van der Waals surface area contributed by atoms with Gasteiger partial charge < -0.3 is 15.0 Å². The molecule has 0 aliphatic rings. The van der Waals surface area contributed by atoms with Crippen LogP contribution in [-0.4, -0.2) is 33.2 Å². The fraction of sp³-hybridized carbons (Fsp3) is 0.474. The molecular formula is C19H27N3O2. The van der Waals surface area contributed by atoms with Crippen molar-refractivity contribution in [2.45, 2.75) is 46.6 Å². The van der Waals surface area contributed by atoms with Crippen LogP contribution in [0.3, 0.4) is 0 Å². The summed E-state index contributed by atoms with van der Waals surface area (Å²) in [5.41, 5.74) is 2.42. The number of nitrogens with zero attached hydrogens (tertiary/aromatic N) is 2. The minimum Gasteiger partial charge on any atom is -0.391 e. The van der Waals surface area contributed by atoms with Gasteiger partial charge in [0.15, 0.2) is 0 Å². The summed E-state index contributed by atoms with van der Waals surface area (Å²) in [6.07, 6.45) is 3.03. The maximum Gasteiger partial charge on any atom is 0.253 e. The van der Waals surface area contributed by atoms with Gasteiger partial charge in [0.2, 0.25) is 0 Å². The minimum absolute atomic E-state index is 0.157. The second-order valence-corrected chi connectivity index (χ2v) is 6.16. The largest absolute Gasteiger partial charge is 0.391 e. The number of hydrogen-bond donors (Lipinski definition) is 2. The third kappa shape index (κ3) is 3.85. The summed E-state index contributed by atoms with van der Waals surface area (Å²) in [4.78, 5) is 16.9. The second kappa shape index (κ2) is 8.11. The summed E-state index contributed by atoms with van der Waals surface area (Å²) in [5, 5.41) is 13.0. The molecule has 0 aliphatic heterocycles. The molecule has 2 aromatic heterocycles. The number of aliphatic hydroxyl groups is 1. The number of carbonyl (C=O) groups excluding carboxylic acids is 1. The highest BCUT2D eigenvalue weighted by Crippen LogP contribution is 2.19. The van der Waals surface area contributed by atoms with Gasteiger partial charge in [-0.15, -0.1) is 0 Å². The van der Waals surface area contributed by atoms with Gasteiger partial charge >= 0.3 is 0 Å². The fourth-order valence-electron chi connectivity index (χ4n) is 3.12. The van der Waals surface area contributed by atoms with Crippen molar-refractivity contribution < 1.29 is 9.90 Å². The number of carbonyl (C=O) groups is 1. The highest BCUT2D eigenvalue weighted by Gasteiger charge is 2.20. The SMILES string of the molecule is CCC(CC)C(O)CNC(=O)c1cc(C)n(-c2ccccn2)c1C. The molecule has 0 bridgehead atoms. The minimum atomic E-state index is -0.511. The van der Waals surface area contributed by atoms with Crippen LogP contribution in [0.2, 0.25) is 0 Å². The van der Waals surface area contributed by atoms with Gasteiger partial charge in [-0.3, -0.25) is 4.79 Å². The number of aliphatic hydroxyl groups excluding tert-OH is 1. The van der Waals surface area contributed by atoms with Crippen molar-refractivity contribution in [3.63, 3.8) is 0 Å². The number of rotatable bonds is 7. The van der Waals surface area contributed by atoms with E-state index < -0.39 is 6.10 Å². The lowest BCUT2D eigenvalue weighted by atomic mass is 9.96. The quantitative estimate of drug-likeness (QED) is 0.820. The summed E-state index contributed by atoms with van der Waals surface area (Å²) in [7, 11) is 0. The lowest BCUT2D eigenvalue weighted by Gasteiger charge is -2.20. The van der Waals surface area contributed by atoms with Crippen LogP contribution >= 0.6 is 0 Å². The molecule has 2 heterocycles. The lowest BCUT2D eigenvalue weighted by molar-refractivity contribution is 0.0816. The van der Waals surface area contributed by atoms with Gasteiger partial charge in [-0.2, -0.15) is 0 Å². The third-order valence-electron chi connectivity index (χ3n) is 4.62. The van der Waals surface area contributed by atoms with Gasteiger partial charge in [-0.25, -0.2) is 4.98 Å². The van der Waals surface area contributed by atoms with E-state index in [9.17, 15) is 9.90 Å². The zero-order valence-electron chi connectivity index (χ0n) is 14.9. The molecule has 2 N–H and O–H groups in total. The molecule has 0 radical (unpaired) electrons. The lowest BCUT2D eigenvalue weighted by Crippen LogP contribution is -2.36. The van der Waals surface area contributed by atoms with Crippen LogP contribution in [0.5, 0.6) is 0 Å². The number of aryl methyl sites for hydroxylation is 1. The van der Waals surface area contributed by atoms with Crippen molar-refractivity contribution in [1.82, 2.24) is 14.9 Å². The van der Waals surface area contributed by atoms with E-state index >= 15 is 0 Å². The van der Waals surface area contributed by atoms with Crippen molar-refractivity contribution in [3.8, 4) is 5.82 Å². The molecule has 5 heteroatoms. The van der Waals surface area contributed by atoms with Crippen LogP contribution in [0.25, 0.3) is 5.82 Å². The molecule has 0 aromatic carbocycles. The second-order valence-electron chi connectivity index (χ2n) is 6.16. The highest BCUT2D eigenvalue weighted by atomic mass is 16.3. The molecule has 24 heavy (non-hydrogen) atoms. The van der Waals surface area contributed by atoms with E-state index in [2.05, 4.69) is 24.1 Å². The van der Waals surface area contributed by atoms with E-state index in [1.165, 1.54) is 0 Å². The molecule has 0 saturated carbocycles. The number of amides is 1. The first kappa shape index (κ1) is 18.2. The molecule has 0 spiro atoms. The van der Waals surface area contributed by atoms with Crippen molar-refractivity contribution in [2.75, 3.05) is 6.54 Å². The van der Waals surface area contributed by atoms with Gasteiger partial charge in [-0.05, 0) is 38.0 Å². The van der Waals surface area contributed by atoms with Gasteiger partial charge in [0.25, 0.3) is 5.91 Å². The Morgan fingerprint density at radius 2 is 2.00 bits per heavy atom. The van der Waals surface area contributed by atoms with Crippen molar-refractivity contribution >= 4 is 5.91 Å². The summed E-state index contributed by atoms with van der Waals surface area (Å²) >= 11 is 0. The topological polar surface area (TPSA) is 67.2 Å². The predicted molar refractivity (Wildman–Crippen MR) is 95.5 cm³/mol. The molecule has 1 amide bonds. The Kier molecular flexibility index (Phi) is 6.15. The van der Waals surface area contributed by atoms with Crippen LogP contribution in [0.15, 0.2) is 30.5 Å². The van der Waals surface area contributed by atoms with Gasteiger partial charge in [-0.1, -0.05) is 32.8 Å². The average Bonchev–Trinajstić information content (AvgIpc) is 2.89. The Bertz CT molecular complexity index is 675. The van der Waals surface area contributed by atoms with Crippen molar-refractivity contribution in [1.29, 1.82) is 0 Å². The Labute approximate surface area is 143 Å². The van der Waals surface area contributed by atoms with E-state index in [1.807, 2.05) is 42.7 Å². The Morgan fingerprint density at radius 1 is 1.29 bits per heavy atom. The molecule has 1 unspecified atom stereocenters. The molecule has 0 fully saturated rings. The van der Waals surface area contributed by atoms with Gasteiger partial charge in [0.1, 0.15) is 5.82 Å². The molecule has 0 aliphatic carbocycles. The monoisotopic (exact) mass is 329 g/mol. The Morgan fingerprint density at radius 3 is 2.58 bits per heavy atom. The first-order chi connectivity index (χ1) is 11.5. The molecular weight excluding hydrogens is 302 g/mol. The van der Waals surface area contributed by atoms with Crippen LogP contribution in [0, 0.1) is 19.8 Å². The zero-order valence-corrected chi connectivity index (χ0v) is 14.9. The smallest absolute Gasteiger partial charge is 0.253 e.